The summed E-state index contributed by atoms with van der Waals surface area (Å²) in [6.45, 7) is 0.582. The highest BCUT2D eigenvalue weighted by atomic mass is 35.5. The summed E-state index contributed by atoms with van der Waals surface area (Å²) in [5.41, 5.74) is 1.58. The summed E-state index contributed by atoms with van der Waals surface area (Å²) in [5.74, 6) is 0.987. The number of rotatable bonds is 5. The lowest BCUT2D eigenvalue weighted by Crippen LogP contribution is -2.12. The van der Waals surface area contributed by atoms with E-state index in [-0.39, 0.29) is 5.91 Å². The van der Waals surface area contributed by atoms with Crippen LogP contribution in [0.5, 0.6) is 5.75 Å². The summed E-state index contributed by atoms with van der Waals surface area (Å²) in [6, 6.07) is 16.2. The summed E-state index contributed by atoms with van der Waals surface area (Å²) < 4.78 is 6.82. The summed E-state index contributed by atoms with van der Waals surface area (Å²) in [6.07, 6.45) is 1.81. The zero-order valence-electron chi connectivity index (χ0n) is 13.1. The molecule has 0 atom stereocenters. The molecule has 1 aromatic heterocycles. The van der Waals surface area contributed by atoms with E-state index in [9.17, 15) is 4.79 Å². The number of ether oxygens (including phenoxy) is 1. The summed E-state index contributed by atoms with van der Waals surface area (Å²) in [5, 5.41) is 7.81. The minimum atomic E-state index is -0.217. The van der Waals surface area contributed by atoms with Gasteiger partial charge < -0.3 is 10.1 Å². The highest BCUT2D eigenvalue weighted by molar-refractivity contribution is 6.30. The van der Waals surface area contributed by atoms with Crippen molar-refractivity contribution < 1.29 is 9.53 Å². The predicted molar refractivity (Wildman–Crippen MR) is 93.7 cm³/mol. The van der Waals surface area contributed by atoms with E-state index in [4.69, 9.17) is 16.3 Å². The van der Waals surface area contributed by atoms with Gasteiger partial charge in [-0.2, -0.15) is 5.10 Å². The minimum absolute atomic E-state index is 0.217. The molecule has 0 aliphatic carbocycles. The molecule has 0 unspecified atom stereocenters. The van der Waals surface area contributed by atoms with Gasteiger partial charge in [0, 0.05) is 22.8 Å². The Morgan fingerprint density at radius 1 is 1.21 bits per heavy atom. The first-order valence-electron chi connectivity index (χ1n) is 7.37. The summed E-state index contributed by atoms with van der Waals surface area (Å²) >= 11 is 5.98. The van der Waals surface area contributed by atoms with Crippen LogP contribution >= 0.6 is 11.6 Å². The number of nitrogens with one attached hydrogen (secondary N) is 1. The van der Waals surface area contributed by atoms with Crippen LogP contribution in [-0.2, 0) is 6.54 Å². The molecule has 3 aromatic rings. The molecule has 2 aromatic carbocycles. The number of anilines is 1. The van der Waals surface area contributed by atoms with E-state index in [2.05, 4.69) is 10.4 Å². The fourth-order valence-electron chi connectivity index (χ4n) is 2.27. The normalized spacial score (nSPS) is 10.4. The molecule has 0 aliphatic rings. The number of amides is 1. The van der Waals surface area contributed by atoms with Crippen LogP contribution in [0.25, 0.3) is 0 Å². The molecule has 0 fully saturated rings. The van der Waals surface area contributed by atoms with Crippen molar-refractivity contribution in [1.82, 2.24) is 9.78 Å². The Kier molecular flexibility index (Phi) is 4.82. The van der Waals surface area contributed by atoms with Crippen molar-refractivity contribution in [2.75, 3.05) is 12.4 Å². The Hall–Kier alpha value is -2.79. The Balaban J connectivity index is 1.65. The smallest absolute Gasteiger partial charge is 0.256 e. The van der Waals surface area contributed by atoms with Crippen molar-refractivity contribution in [3.05, 3.63) is 76.9 Å². The third-order valence-electron chi connectivity index (χ3n) is 3.47. The van der Waals surface area contributed by atoms with E-state index in [1.54, 1.807) is 42.1 Å². The molecule has 6 heteroatoms. The molecular weight excluding hydrogens is 326 g/mol. The monoisotopic (exact) mass is 341 g/mol. The molecule has 0 saturated heterocycles. The second-order valence-electron chi connectivity index (χ2n) is 5.21. The SMILES string of the molecule is COc1ccc(C(=O)Nc2ccn(Cc3cccc(Cl)c3)n2)cc1. The highest BCUT2D eigenvalue weighted by Gasteiger charge is 2.08. The van der Waals surface area contributed by atoms with E-state index in [1.165, 1.54) is 0 Å². The Bertz CT molecular complexity index is 843. The van der Waals surface area contributed by atoms with Crippen molar-refractivity contribution in [3.8, 4) is 5.75 Å². The van der Waals surface area contributed by atoms with Gasteiger partial charge in [-0.05, 0) is 42.0 Å². The van der Waals surface area contributed by atoms with Gasteiger partial charge in [-0.15, -0.1) is 0 Å². The van der Waals surface area contributed by atoms with Crippen molar-refractivity contribution in [2.45, 2.75) is 6.54 Å². The lowest BCUT2D eigenvalue weighted by atomic mass is 10.2. The number of carbonyl (C=O) groups excluding carboxylic acids is 1. The van der Waals surface area contributed by atoms with Crippen LogP contribution < -0.4 is 10.1 Å². The number of nitrogens with zero attached hydrogens (tertiary/aromatic N) is 2. The lowest BCUT2D eigenvalue weighted by Gasteiger charge is -2.04. The summed E-state index contributed by atoms with van der Waals surface area (Å²) in [7, 11) is 1.58. The van der Waals surface area contributed by atoms with Crippen LogP contribution in [0.3, 0.4) is 0 Å². The molecule has 0 bridgehead atoms. The number of carbonyl (C=O) groups is 1. The number of hydrogen-bond donors (Lipinski definition) is 1. The maximum Gasteiger partial charge on any atom is 0.256 e. The predicted octanol–water partition coefficient (Wildman–Crippen LogP) is 3.85. The third kappa shape index (κ3) is 3.94. The second-order valence-corrected chi connectivity index (χ2v) is 5.65. The average molecular weight is 342 g/mol. The van der Waals surface area contributed by atoms with Gasteiger partial charge in [-0.1, -0.05) is 23.7 Å². The van der Waals surface area contributed by atoms with Gasteiger partial charge in [0.1, 0.15) is 5.75 Å². The Morgan fingerprint density at radius 2 is 2.00 bits per heavy atom. The van der Waals surface area contributed by atoms with Crippen LogP contribution in [0.15, 0.2) is 60.8 Å². The van der Waals surface area contributed by atoms with Gasteiger partial charge in [0.15, 0.2) is 5.82 Å². The van der Waals surface area contributed by atoms with Crippen molar-refractivity contribution in [3.63, 3.8) is 0 Å². The Labute approximate surface area is 144 Å². The van der Waals surface area contributed by atoms with E-state index in [0.29, 0.717) is 28.7 Å². The van der Waals surface area contributed by atoms with Crippen LogP contribution in [0.2, 0.25) is 5.02 Å². The van der Waals surface area contributed by atoms with Gasteiger partial charge in [-0.25, -0.2) is 0 Å². The second kappa shape index (κ2) is 7.19. The highest BCUT2D eigenvalue weighted by Crippen LogP contribution is 2.14. The maximum absolute atomic E-state index is 12.2. The van der Waals surface area contributed by atoms with Crippen LogP contribution in [0, 0.1) is 0 Å². The molecule has 5 nitrogen and oxygen atoms in total. The molecule has 0 saturated carbocycles. The third-order valence-corrected chi connectivity index (χ3v) is 3.70. The first-order valence-corrected chi connectivity index (χ1v) is 7.75. The van der Waals surface area contributed by atoms with Crippen molar-refractivity contribution in [2.24, 2.45) is 0 Å². The molecule has 122 valence electrons. The van der Waals surface area contributed by atoms with E-state index < -0.39 is 0 Å². The van der Waals surface area contributed by atoms with Gasteiger partial charge in [0.2, 0.25) is 0 Å². The first-order chi connectivity index (χ1) is 11.6. The van der Waals surface area contributed by atoms with Gasteiger partial charge in [0.25, 0.3) is 5.91 Å². The zero-order valence-corrected chi connectivity index (χ0v) is 13.8. The molecule has 24 heavy (non-hydrogen) atoms. The van der Waals surface area contributed by atoms with Crippen LogP contribution in [-0.4, -0.2) is 22.8 Å². The Morgan fingerprint density at radius 3 is 2.71 bits per heavy atom. The van der Waals surface area contributed by atoms with E-state index in [0.717, 1.165) is 5.56 Å². The van der Waals surface area contributed by atoms with E-state index in [1.807, 2.05) is 30.5 Å². The van der Waals surface area contributed by atoms with Crippen LogP contribution in [0.1, 0.15) is 15.9 Å². The maximum atomic E-state index is 12.2. The molecule has 1 heterocycles. The standard InChI is InChI=1S/C18H16ClN3O2/c1-24-16-7-5-14(6-8-16)18(23)20-17-9-10-22(21-17)12-13-3-2-4-15(19)11-13/h2-11H,12H2,1H3,(H,20,21,23). The molecule has 1 N–H and O–H groups in total. The zero-order chi connectivity index (χ0) is 16.9. The number of halogens is 1. The molecule has 0 radical (unpaired) electrons. The number of aromatic nitrogens is 2. The quantitative estimate of drug-likeness (QED) is 0.767. The number of hydrogen-bond acceptors (Lipinski definition) is 3. The molecule has 3 rings (SSSR count). The molecular formula is C18H16ClN3O2. The van der Waals surface area contributed by atoms with Gasteiger partial charge in [-0.3, -0.25) is 9.48 Å². The van der Waals surface area contributed by atoms with Crippen molar-refractivity contribution >= 4 is 23.3 Å². The summed E-state index contributed by atoms with van der Waals surface area (Å²) in [4.78, 5) is 12.2. The lowest BCUT2D eigenvalue weighted by molar-refractivity contribution is 0.102. The average Bonchev–Trinajstić information content (AvgIpc) is 3.02. The number of methoxy groups -OCH3 is 1. The minimum Gasteiger partial charge on any atom is -0.497 e. The van der Waals surface area contributed by atoms with Gasteiger partial charge >= 0.3 is 0 Å². The number of benzene rings is 2. The van der Waals surface area contributed by atoms with Crippen LogP contribution in [0.4, 0.5) is 5.82 Å². The van der Waals surface area contributed by atoms with E-state index >= 15 is 0 Å². The topological polar surface area (TPSA) is 56.1 Å². The largest absolute Gasteiger partial charge is 0.497 e. The fourth-order valence-corrected chi connectivity index (χ4v) is 2.48. The molecule has 1 amide bonds. The first kappa shape index (κ1) is 16.1. The molecule has 0 spiro atoms. The molecule has 0 aliphatic heterocycles. The fraction of sp³-hybridized carbons (Fsp3) is 0.111. The van der Waals surface area contributed by atoms with Crippen molar-refractivity contribution in [1.29, 1.82) is 0 Å². The van der Waals surface area contributed by atoms with Gasteiger partial charge in [0.05, 0.1) is 13.7 Å².